The molecule has 15 heavy (non-hydrogen) atoms. The zero-order valence-corrected chi connectivity index (χ0v) is 9.84. The standard InChI is InChI=1S/C13H23O2/c1-2-3-5-10-13(14)15-11-12-8-6-4-7-9-12/h10,12H,2-9,11H2,1H3. The summed E-state index contributed by atoms with van der Waals surface area (Å²) in [4.78, 5) is 11.3. The average Bonchev–Trinajstić information content (AvgIpc) is 2.28. The molecule has 1 aliphatic carbocycles. The lowest BCUT2D eigenvalue weighted by Crippen LogP contribution is -2.16. The monoisotopic (exact) mass is 211 g/mol. The highest BCUT2D eigenvalue weighted by Gasteiger charge is 2.15. The molecule has 0 saturated heterocycles. The maximum absolute atomic E-state index is 11.3. The average molecular weight is 211 g/mol. The number of hydrogen-bond donors (Lipinski definition) is 0. The van der Waals surface area contributed by atoms with Crippen LogP contribution in [0.5, 0.6) is 0 Å². The molecule has 0 N–H and O–H groups in total. The van der Waals surface area contributed by atoms with Crippen LogP contribution in [-0.2, 0) is 9.53 Å². The van der Waals surface area contributed by atoms with Gasteiger partial charge in [-0.3, -0.25) is 4.79 Å². The molecule has 0 heterocycles. The Morgan fingerprint density at radius 2 is 2.07 bits per heavy atom. The van der Waals surface area contributed by atoms with Crippen molar-refractivity contribution in [1.29, 1.82) is 0 Å². The molecular weight excluding hydrogens is 188 g/mol. The summed E-state index contributed by atoms with van der Waals surface area (Å²) in [6.45, 7) is 2.77. The molecule has 1 radical (unpaired) electrons. The first-order valence-corrected chi connectivity index (χ1v) is 6.33. The maximum Gasteiger partial charge on any atom is 0.309 e. The van der Waals surface area contributed by atoms with Crippen molar-refractivity contribution in [2.75, 3.05) is 6.61 Å². The Labute approximate surface area is 93.4 Å². The van der Waals surface area contributed by atoms with E-state index in [0.29, 0.717) is 12.5 Å². The molecular formula is C13H23O2. The Morgan fingerprint density at radius 3 is 2.73 bits per heavy atom. The van der Waals surface area contributed by atoms with Crippen LogP contribution in [0.15, 0.2) is 0 Å². The van der Waals surface area contributed by atoms with Gasteiger partial charge in [-0.1, -0.05) is 39.0 Å². The fourth-order valence-corrected chi connectivity index (χ4v) is 2.04. The van der Waals surface area contributed by atoms with E-state index in [1.807, 2.05) is 0 Å². The van der Waals surface area contributed by atoms with E-state index >= 15 is 0 Å². The lowest BCUT2D eigenvalue weighted by Gasteiger charge is -2.20. The summed E-state index contributed by atoms with van der Waals surface area (Å²) in [6, 6.07) is 0. The van der Waals surface area contributed by atoms with Crippen molar-refractivity contribution >= 4 is 5.97 Å². The number of rotatable bonds is 6. The van der Waals surface area contributed by atoms with Gasteiger partial charge in [0.1, 0.15) is 0 Å². The van der Waals surface area contributed by atoms with Crippen LogP contribution in [-0.4, -0.2) is 12.6 Å². The summed E-state index contributed by atoms with van der Waals surface area (Å²) < 4.78 is 5.23. The lowest BCUT2D eigenvalue weighted by molar-refractivity contribution is -0.141. The Hall–Kier alpha value is -0.530. The molecule has 0 aromatic rings. The largest absolute Gasteiger partial charge is 0.465 e. The van der Waals surface area contributed by atoms with E-state index in [-0.39, 0.29) is 5.97 Å². The fraction of sp³-hybridized carbons (Fsp3) is 0.846. The number of carbonyl (C=O) groups excluding carboxylic acids is 1. The first kappa shape index (κ1) is 12.5. The SMILES string of the molecule is CCCC[CH]C(=O)OCC1CCCCC1. The summed E-state index contributed by atoms with van der Waals surface area (Å²) in [5, 5.41) is 0. The van der Waals surface area contributed by atoms with Crippen LogP contribution >= 0.6 is 0 Å². The van der Waals surface area contributed by atoms with Gasteiger partial charge >= 0.3 is 5.97 Å². The molecule has 0 unspecified atom stereocenters. The summed E-state index contributed by atoms with van der Waals surface area (Å²) in [7, 11) is 0. The van der Waals surface area contributed by atoms with Crippen molar-refractivity contribution < 1.29 is 9.53 Å². The predicted molar refractivity (Wildman–Crippen MR) is 61.4 cm³/mol. The molecule has 0 bridgehead atoms. The quantitative estimate of drug-likeness (QED) is 0.496. The topological polar surface area (TPSA) is 26.3 Å². The minimum Gasteiger partial charge on any atom is -0.465 e. The van der Waals surface area contributed by atoms with Crippen molar-refractivity contribution in [1.82, 2.24) is 0 Å². The van der Waals surface area contributed by atoms with Crippen LogP contribution in [0.1, 0.15) is 58.3 Å². The number of esters is 1. The predicted octanol–water partition coefficient (Wildman–Crippen LogP) is 3.50. The van der Waals surface area contributed by atoms with Crippen molar-refractivity contribution in [2.24, 2.45) is 5.92 Å². The molecule has 0 amide bonds. The molecule has 0 aliphatic heterocycles. The van der Waals surface area contributed by atoms with Crippen molar-refractivity contribution in [2.45, 2.75) is 58.3 Å². The van der Waals surface area contributed by atoms with Gasteiger partial charge < -0.3 is 4.74 Å². The minimum absolute atomic E-state index is 0.117. The first-order chi connectivity index (χ1) is 7.33. The third-order valence-electron chi connectivity index (χ3n) is 3.05. The smallest absolute Gasteiger partial charge is 0.309 e. The van der Waals surface area contributed by atoms with Crippen LogP contribution < -0.4 is 0 Å². The van der Waals surface area contributed by atoms with Crippen LogP contribution in [0.25, 0.3) is 0 Å². The minimum atomic E-state index is -0.117. The lowest BCUT2D eigenvalue weighted by atomic mass is 9.90. The van der Waals surface area contributed by atoms with Crippen molar-refractivity contribution in [3.8, 4) is 0 Å². The second-order valence-electron chi connectivity index (χ2n) is 4.48. The highest BCUT2D eigenvalue weighted by atomic mass is 16.5. The van der Waals surface area contributed by atoms with E-state index in [0.717, 1.165) is 19.3 Å². The van der Waals surface area contributed by atoms with Gasteiger partial charge in [0.05, 0.1) is 13.0 Å². The Kier molecular flexibility index (Phi) is 6.45. The van der Waals surface area contributed by atoms with E-state index < -0.39 is 0 Å². The van der Waals surface area contributed by atoms with Crippen molar-refractivity contribution in [3.05, 3.63) is 6.42 Å². The summed E-state index contributed by atoms with van der Waals surface area (Å²) >= 11 is 0. The van der Waals surface area contributed by atoms with Gasteiger partial charge in [0.15, 0.2) is 0 Å². The molecule has 0 aromatic carbocycles. The van der Waals surface area contributed by atoms with Gasteiger partial charge in [-0.2, -0.15) is 0 Å². The number of hydrogen-bond acceptors (Lipinski definition) is 2. The Morgan fingerprint density at radius 1 is 1.33 bits per heavy atom. The molecule has 1 fully saturated rings. The van der Waals surface area contributed by atoms with E-state index in [4.69, 9.17) is 4.74 Å². The summed E-state index contributed by atoms with van der Waals surface area (Å²) in [6.07, 6.45) is 11.2. The van der Waals surface area contributed by atoms with Crippen LogP contribution in [0.2, 0.25) is 0 Å². The number of ether oxygens (including phenoxy) is 1. The molecule has 0 aromatic heterocycles. The van der Waals surface area contributed by atoms with Crippen LogP contribution in [0, 0.1) is 12.3 Å². The molecule has 87 valence electrons. The number of carbonyl (C=O) groups is 1. The third kappa shape index (κ3) is 5.81. The van der Waals surface area contributed by atoms with Gasteiger partial charge in [0.2, 0.25) is 0 Å². The molecule has 2 nitrogen and oxygen atoms in total. The molecule has 0 spiro atoms. The second-order valence-corrected chi connectivity index (χ2v) is 4.48. The Balaban J connectivity index is 2.00. The van der Waals surface area contributed by atoms with Crippen LogP contribution in [0.3, 0.4) is 0 Å². The first-order valence-electron chi connectivity index (χ1n) is 6.33. The molecule has 1 rings (SSSR count). The third-order valence-corrected chi connectivity index (χ3v) is 3.05. The van der Waals surface area contributed by atoms with Crippen LogP contribution in [0.4, 0.5) is 0 Å². The number of unbranched alkanes of at least 4 members (excludes halogenated alkanes) is 2. The zero-order chi connectivity index (χ0) is 10.9. The molecule has 1 aliphatic rings. The maximum atomic E-state index is 11.3. The van der Waals surface area contributed by atoms with Gasteiger partial charge in [-0.25, -0.2) is 0 Å². The van der Waals surface area contributed by atoms with Gasteiger partial charge in [0, 0.05) is 0 Å². The van der Waals surface area contributed by atoms with E-state index in [9.17, 15) is 4.79 Å². The van der Waals surface area contributed by atoms with E-state index in [1.54, 1.807) is 6.42 Å². The fourth-order valence-electron chi connectivity index (χ4n) is 2.04. The molecule has 0 atom stereocenters. The van der Waals surface area contributed by atoms with Gasteiger partial charge in [0.25, 0.3) is 0 Å². The normalized spacial score (nSPS) is 17.7. The summed E-state index contributed by atoms with van der Waals surface area (Å²) in [5.74, 6) is 0.510. The zero-order valence-electron chi connectivity index (χ0n) is 9.84. The van der Waals surface area contributed by atoms with Gasteiger partial charge in [-0.15, -0.1) is 0 Å². The highest BCUT2D eigenvalue weighted by molar-refractivity contribution is 5.78. The molecule has 2 heteroatoms. The second kappa shape index (κ2) is 7.72. The van der Waals surface area contributed by atoms with Crippen molar-refractivity contribution in [3.63, 3.8) is 0 Å². The van der Waals surface area contributed by atoms with Gasteiger partial charge in [-0.05, 0) is 25.2 Å². The molecule has 1 saturated carbocycles. The Bertz CT molecular complexity index is 171. The van der Waals surface area contributed by atoms with E-state index in [1.165, 1.54) is 32.1 Å². The summed E-state index contributed by atoms with van der Waals surface area (Å²) in [5.41, 5.74) is 0. The highest BCUT2D eigenvalue weighted by Crippen LogP contribution is 2.23. The van der Waals surface area contributed by atoms with E-state index in [2.05, 4.69) is 6.92 Å².